The van der Waals surface area contributed by atoms with Gasteiger partial charge in [-0.1, -0.05) is 0 Å². The van der Waals surface area contributed by atoms with Crippen LogP contribution in [0, 0.1) is 0 Å². The van der Waals surface area contributed by atoms with E-state index in [1.807, 2.05) is 6.92 Å². The fourth-order valence-corrected chi connectivity index (χ4v) is 4.10. The molecule has 1 aliphatic heterocycles. The number of rotatable bonds is 9. The third-order valence-electron chi connectivity index (χ3n) is 4.18. The van der Waals surface area contributed by atoms with E-state index in [-0.39, 0.29) is 6.10 Å². The zero-order valence-electron chi connectivity index (χ0n) is 13.3. The number of nitrogens with zero attached hydrogens (tertiary/aromatic N) is 2. The van der Waals surface area contributed by atoms with Gasteiger partial charge >= 0.3 is 0 Å². The molecular formula is C14H29N3O3S. The fourth-order valence-electron chi connectivity index (χ4n) is 2.67. The summed E-state index contributed by atoms with van der Waals surface area (Å²) in [5.41, 5.74) is 0. The van der Waals surface area contributed by atoms with E-state index in [0.717, 1.165) is 25.8 Å². The van der Waals surface area contributed by atoms with Crippen molar-refractivity contribution in [3.8, 4) is 0 Å². The van der Waals surface area contributed by atoms with Crippen molar-refractivity contribution in [1.29, 1.82) is 0 Å². The van der Waals surface area contributed by atoms with Gasteiger partial charge in [-0.25, -0.2) is 0 Å². The van der Waals surface area contributed by atoms with Gasteiger partial charge in [-0.05, 0) is 45.6 Å². The largest absolute Gasteiger partial charge is 0.378 e. The summed E-state index contributed by atoms with van der Waals surface area (Å²) in [6, 6.07) is 0.685. The Balaban J connectivity index is 1.71. The lowest BCUT2D eigenvalue weighted by molar-refractivity contribution is 0.0282. The molecule has 0 bridgehead atoms. The van der Waals surface area contributed by atoms with Crippen LogP contribution < -0.4 is 5.32 Å². The van der Waals surface area contributed by atoms with Gasteiger partial charge in [0.1, 0.15) is 0 Å². The predicted molar refractivity (Wildman–Crippen MR) is 83.4 cm³/mol. The van der Waals surface area contributed by atoms with E-state index in [1.165, 1.54) is 17.1 Å². The minimum absolute atomic E-state index is 0.217. The molecule has 0 aromatic rings. The molecule has 1 saturated heterocycles. The maximum Gasteiger partial charge on any atom is 0.281 e. The third-order valence-corrected chi connectivity index (χ3v) is 6.17. The molecular weight excluding hydrogens is 290 g/mol. The topological polar surface area (TPSA) is 61.9 Å². The molecule has 0 atom stereocenters. The summed E-state index contributed by atoms with van der Waals surface area (Å²) >= 11 is 0. The fraction of sp³-hybridized carbons (Fsp3) is 1.00. The monoisotopic (exact) mass is 319 g/mol. The number of hydrogen-bond donors (Lipinski definition) is 1. The van der Waals surface area contributed by atoms with Gasteiger partial charge in [-0.3, -0.25) is 0 Å². The minimum Gasteiger partial charge on any atom is -0.378 e. The first-order valence-corrected chi connectivity index (χ1v) is 9.50. The highest BCUT2D eigenvalue weighted by atomic mass is 32.2. The molecule has 0 aromatic carbocycles. The SMILES string of the molecule is CCOC1CCN(S(=O)(=O)N(C)CCCNC2CC2)CC1. The Morgan fingerprint density at radius 1 is 1.24 bits per heavy atom. The number of nitrogens with one attached hydrogen (secondary N) is 1. The second-order valence-corrected chi connectivity index (χ2v) is 8.00. The second-order valence-electron chi connectivity index (χ2n) is 5.97. The molecule has 0 radical (unpaired) electrons. The summed E-state index contributed by atoms with van der Waals surface area (Å²) in [6.45, 7) is 5.29. The van der Waals surface area contributed by atoms with Gasteiger partial charge in [0, 0.05) is 39.3 Å². The van der Waals surface area contributed by atoms with E-state index < -0.39 is 10.2 Å². The maximum atomic E-state index is 12.5. The summed E-state index contributed by atoms with van der Waals surface area (Å²) in [6.07, 6.45) is 5.20. The smallest absolute Gasteiger partial charge is 0.281 e. The van der Waals surface area contributed by atoms with Gasteiger partial charge in [-0.2, -0.15) is 17.0 Å². The molecule has 1 aliphatic carbocycles. The highest BCUT2D eigenvalue weighted by Crippen LogP contribution is 2.19. The van der Waals surface area contributed by atoms with Gasteiger partial charge < -0.3 is 10.1 Å². The molecule has 1 saturated carbocycles. The van der Waals surface area contributed by atoms with Crippen LogP contribution in [-0.4, -0.2) is 69.0 Å². The quantitative estimate of drug-likeness (QED) is 0.639. The Bertz CT molecular complexity index is 404. The summed E-state index contributed by atoms with van der Waals surface area (Å²) < 4.78 is 33.6. The zero-order valence-corrected chi connectivity index (χ0v) is 14.1. The molecule has 0 aromatic heterocycles. The van der Waals surface area contributed by atoms with Crippen LogP contribution in [0.3, 0.4) is 0 Å². The van der Waals surface area contributed by atoms with Crippen molar-refractivity contribution < 1.29 is 13.2 Å². The average molecular weight is 319 g/mol. The highest BCUT2D eigenvalue weighted by molar-refractivity contribution is 7.86. The van der Waals surface area contributed by atoms with Crippen molar-refractivity contribution in [3.05, 3.63) is 0 Å². The van der Waals surface area contributed by atoms with Crippen molar-refractivity contribution >= 4 is 10.2 Å². The molecule has 124 valence electrons. The van der Waals surface area contributed by atoms with E-state index in [2.05, 4.69) is 5.32 Å². The van der Waals surface area contributed by atoms with E-state index in [0.29, 0.717) is 32.3 Å². The van der Waals surface area contributed by atoms with Gasteiger partial charge in [-0.15, -0.1) is 0 Å². The number of ether oxygens (including phenoxy) is 1. The normalized spacial score (nSPS) is 22.0. The Kier molecular flexibility index (Phi) is 6.43. The van der Waals surface area contributed by atoms with Gasteiger partial charge in [0.25, 0.3) is 10.2 Å². The summed E-state index contributed by atoms with van der Waals surface area (Å²) in [5, 5.41) is 3.41. The van der Waals surface area contributed by atoms with Crippen LogP contribution in [0.4, 0.5) is 0 Å². The molecule has 1 N–H and O–H groups in total. The molecule has 6 nitrogen and oxygen atoms in total. The van der Waals surface area contributed by atoms with Crippen molar-refractivity contribution in [2.75, 3.05) is 39.8 Å². The van der Waals surface area contributed by atoms with Crippen LogP contribution in [0.15, 0.2) is 0 Å². The van der Waals surface area contributed by atoms with Crippen LogP contribution in [-0.2, 0) is 14.9 Å². The molecule has 0 spiro atoms. The van der Waals surface area contributed by atoms with Gasteiger partial charge in [0.05, 0.1) is 6.10 Å². The molecule has 21 heavy (non-hydrogen) atoms. The lowest BCUT2D eigenvalue weighted by Gasteiger charge is -2.33. The van der Waals surface area contributed by atoms with Crippen LogP contribution in [0.25, 0.3) is 0 Å². The summed E-state index contributed by atoms with van der Waals surface area (Å²) in [7, 11) is -1.62. The van der Waals surface area contributed by atoms with Crippen LogP contribution >= 0.6 is 0 Å². The second kappa shape index (κ2) is 7.87. The van der Waals surface area contributed by atoms with Crippen LogP contribution in [0.2, 0.25) is 0 Å². The van der Waals surface area contributed by atoms with E-state index >= 15 is 0 Å². The molecule has 7 heteroatoms. The maximum absolute atomic E-state index is 12.5. The van der Waals surface area contributed by atoms with E-state index in [1.54, 1.807) is 11.4 Å². The van der Waals surface area contributed by atoms with Gasteiger partial charge in [0.2, 0.25) is 0 Å². The third kappa shape index (κ3) is 5.17. The Hall–Kier alpha value is -0.210. The Morgan fingerprint density at radius 2 is 1.90 bits per heavy atom. The van der Waals surface area contributed by atoms with Gasteiger partial charge in [0.15, 0.2) is 0 Å². The molecule has 0 unspecified atom stereocenters. The van der Waals surface area contributed by atoms with Crippen LogP contribution in [0.5, 0.6) is 0 Å². The van der Waals surface area contributed by atoms with E-state index in [9.17, 15) is 8.42 Å². The first kappa shape index (κ1) is 17.1. The van der Waals surface area contributed by atoms with Crippen molar-refractivity contribution in [1.82, 2.24) is 13.9 Å². The lowest BCUT2D eigenvalue weighted by atomic mass is 10.1. The van der Waals surface area contributed by atoms with Crippen molar-refractivity contribution in [3.63, 3.8) is 0 Å². The van der Waals surface area contributed by atoms with Crippen molar-refractivity contribution in [2.45, 2.75) is 51.2 Å². The standard InChI is InChI=1S/C14H29N3O3S/c1-3-20-14-7-11-17(12-8-14)21(18,19)16(2)10-4-9-15-13-5-6-13/h13-15H,3-12H2,1-2H3. The molecule has 2 fully saturated rings. The van der Waals surface area contributed by atoms with E-state index in [4.69, 9.17) is 4.74 Å². The lowest BCUT2D eigenvalue weighted by Crippen LogP contribution is -2.47. The molecule has 0 amide bonds. The van der Waals surface area contributed by atoms with Crippen molar-refractivity contribution in [2.24, 2.45) is 0 Å². The Labute approximate surface area is 129 Å². The molecule has 2 rings (SSSR count). The zero-order chi connectivity index (χ0) is 15.3. The summed E-state index contributed by atoms with van der Waals surface area (Å²) in [5.74, 6) is 0. The first-order chi connectivity index (χ1) is 10.0. The Morgan fingerprint density at radius 3 is 2.48 bits per heavy atom. The first-order valence-electron chi connectivity index (χ1n) is 8.10. The highest BCUT2D eigenvalue weighted by Gasteiger charge is 2.31. The predicted octanol–water partition coefficient (Wildman–Crippen LogP) is 0.806. The number of hydrogen-bond acceptors (Lipinski definition) is 4. The average Bonchev–Trinajstić information content (AvgIpc) is 3.28. The van der Waals surface area contributed by atoms with Crippen LogP contribution in [0.1, 0.15) is 39.0 Å². The summed E-state index contributed by atoms with van der Waals surface area (Å²) in [4.78, 5) is 0. The number of piperidine rings is 1. The molecule has 1 heterocycles. The molecule has 2 aliphatic rings. The minimum atomic E-state index is -3.30.